The highest BCUT2D eigenvalue weighted by Crippen LogP contribution is 2.33. The summed E-state index contributed by atoms with van der Waals surface area (Å²) in [5.74, 6) is 0. The summed E-state index contributed by atoms with van der Waals surface area (Å²) >= 11 is 1.97. The zero-order valence-corrected chi connectivity index (χ0v) is 16.0. The van der Waals surface area contributed by atoms with Crippen LogP contribution >= 0.6 is 11.3 Å². The van der Waals surface area contributed by atoms with Gasteiger partial charge in [0.15, 0.2) is 0 Å². The second-order valence-corrected chi connectivity index (χ2v) is 9.14. The standard InChI is InChI=1S/C19H29N3O2S/c1-20-15-19(24-18(20)23)7-4-11-22(12-8-19)14-17-6-5-16(25-17)13-21-9-2-3-10-21/h5-6H,2-4,7-15H2,1H3/t19-/m0/s1. The number of nitrogens with zero attached hydrogens (tertiary/aromatic N) is 3. The predicted octanol–water partition coefficient (Wildman–Crippen LogP) is 3.15. The highest BCUT2D eigenvalue weighted by atomic mass is 32.1. The molecule has 0 N–H and O–H groups in total. The Morgan fingerprint density at radius 1 is 1.00 bits per heavy atom. The van der Waals surface area contributed by atoms with E-state index in [0.717, 1.165) is 52.0 Å². The van der Waals surface area contributed by atoms with Crippen molar-refractivity contribution < 1.29 is 9.53 Å². The van der Waals surface area contributed by atoms with Gasteiger partial charge in [0.2, 0.25) is 0 Å². The van der Waals surface area contributed by atoms with Crippen LogP contribution in [0, 0.1) is 0 Å². The summed E-state index contributed by atoms with van der Waals surface area (Å²) in [5, 5.41) is 0. The van der Waals surface area contributed by atoms with Crippen molar-refractivity contribution in [1.82, 2.24) is 14.7 Å². The first-order chi connectivity index (χ1) is 12.1. The summed E-state index contributed by atoms with van der Waals surface area (Å²) < 4.78 is 5.72. The number of rotatable bonds is 4. The van der Waals surface area contributed by atoms with Crippen molar-refractivity contribution in [3.8, 4) is 0 Å². The van der Waals surface area contributed by atoms with Crippen molar-refractivity contribution in [2.45, 2.75) is 50.8 Å². The average Bonchev–Trinajstić information content (AvgIpc) is 3.26. The van der Waals surface area contributed by atoms with Gasteiger partial charge in [-0.3, -0.25) is 9.80 Å². The number of hydrogen-bond acceptors (Lipinski definition) is 5. The van der Waals surface area contributed by atoms with Crippen molar-refractivity contribution in [1.29, 1.82) is 0 Å². The van der Waals surface area contributed by atoms with Crippen LogP contribution in [0.2, 0.25) is 0 Å². The summed E-state index contributed by atoms with van der Waals surface area (Å²) in [4.78, 5) is 21.5. The predicted molar refractivity (Wildman–Crippen MR) is 99.8 cm³/mol. The molecule has 3 aliphatic heterocycles. The van der Waals surface area contributed by atoms with Crippen LogP contribution in [0.1, 0.15) is 41.9 Å². The molecule has 1 aromatic rings. The number of likely N-dealkylation sites (N-methyl/N-ethyl adjacent to an activating group) is 1. The fraction of sp³-hybridized carbons (Fsp3) is 0.737. The van der Waals surface area contributed by atoms with Gasteiger partial charge in [-0.15, -0.1) is 11.3 Å². The summed E-state index contributed by atoms with van der Waals surface area (Å²) in [5.41, 5.74) is -0.239. The zero-order chi connectivity index (χ0) is 17.3. The van der Waals surface area contributed by atoms with Gasteiger partial charge in [-0.2, -0.15) is 0 Å². The van der Waals surface area contributed by atoms with E-state index in [1.807, 2.05) is 18.4 Å². The number of amides is 1. The van der Waals surface area contributed by atoms with Crippen molar-refractivity contribution in [2.24, 2.45) is 0 Å². The first-order valence-electron chi connectivity index (χ1n) is 9.58. The molecule has 3 saturated heterocycles. The van der Waals surface area contributed by atoms with Crippen LogP contribution in [-0.2, 0) is 17.8 Å². The normalized spacial score (nSPS) is 28.7. The quantitative estimate of drug-likeness (QED) is 0.823. The van der Waals surface area contributed by atoms with Crippen molar-refractivity contribution in [3.63, 3.8) is 0 Å². The average molecular weight is 364 g/mol. The van der Waals surface area contributed by atoms with Gasteiger partial charge in [-0.05, 0) is 57.5 Å². The summed E-state index contributed by atoms with van der Waals surface area (Å²) in [7, 11) is 1.84. The van der Waals surface area contributed by atoms with Crippen molar-refractivity contribution >= 4 is 17.4 Å². The van der Waals surface area contributed by atoms with E-state index >= 15 is 0 Å². The molecule has 0 bridgehead atoms. The first kappa shape index (κ1) is 17.3. The van der Waals surface area contributed by atoms with Gasteiger partial charge < -0.3 is 9.64 Å². The van der Waals surface area contributed by atoms with E-state index < -0.39 is 0 Å². The number of carbonyl (C=O) groups is 1. The fourth-order valence-electron chi connectivity index (χ4n) is 4.41. The Labute approximate surface area is 154 Å². The number of likely N-dealkylation sites (tertiary alicyclic amines) is 2. The largest absolute Gasteiger partial charge is 0.441 e. The molecule has 1 aromatic heterocycles. The van der Waals surface area contributed by atoms with E-state index in [0.29, 0.717) is 0 Å². The Morgan fingerprint density at radius 3 is 2.28 bits per heavy atom. The molecule has 3 aliphatic rings. The Balaban J connectivity index is 1.31. The molecule has 5 nitrogen and oxygen atoms in total. The number of hydrogen-bond donors (Lipinski definition) is 0. The molecular weight excluding hydrogens is 334 g/mol. The Hall–Kier alpha value is -1.11. The minimum absolute atomic E-state index is 0.154. The lowest BCUT2D eigenvalue weighted by Crippen LogP contribution is -2.35. The lowest BCUT2D eigenvalue weighted by atomic mass is 9.95. The number of carbonyl (C=O) groups excluding carboxylic acids is 1. The SMILES string of the molecule is CN1C[C@@]2(CCCN(Cc3ccc(CN4CCCC4)s3)CC2)OC1=O. The van der Waals surface area contributed by atoms with Crippen LogP contribution in [0.3, 0.4) is 0 Å². The summed E-state index contributed by atoms with van der Waals surface area (Å²) in [6.45, 7) is 7.53. The first-order valence-corrected chi connectivity index (χ1v) is 10.4. The van der Waals surface area contributed by atoms with Gasteiger partial charge in [0.25, 0.3) is 0 Å². The highest BCUT2D eigenvalue weighted by Gasteiger charge is 2.44. The topological polar surface area (TPSA) is 36.0 Å². The van der Waals surface area contributed by atoms with E-state index in [4.69, 9.17) is 4.74 Å². The van der Waals surface area contributed by atoms with Gasteiger partial charge in [-0.25, -0.2) is 4.79 Å². The molecule has 4 heterocycles. The fourth-order valence-corrected chi connectivity index (χ4v) is 5.51. The third-order valence-electron chi connectivity index (χ3n) is 5.81. The van der Waals surface area contributed by atoms with Crippen LogP contribution in [0.15, 0.2) is 12.1 Å². The van der Waals surface area contributed by atoms with E-state index in [-0.39, 0.29) is 11.7 Å². The Morgan fingerprint density at radius 2 is 1.64 bits per heavy atom. The van der Waals surface area contributed by atoms with Crippen LogP contribution in [-0.4, -0.2) is 66.2 Å². The minimum Gasteiger partial charge on any atom is -0.441 e. The van der Waals surface area contributed by atoms with Gasteiger partial charge >= 0.3 is 6.09 Å². The minimum atomic E-state index is -0.239. The highest BCUT2D eigenvalue weighted by molar-refractivity contribution is 7.11. The molecule has 4 rings (SSSR count). The van der Waals surface area contributed by atoms with E-state index in [9.17, 15) is 4.79 Å². The maximum atomic E-state index is 11.8. The van der Waals surface area contributed by atoms with E-state index in [1.54, 1.807) is 4.90 Å². The zero-order valence-electron chi connectivity index (χ0n) is 15.2. The number of ether oxygens (including phenoxy) is 1. The Bertz CT molecular complexity index is 614. The van der Waals surface area contributed by atoms with Crippen molar-refractivity contribution in [2.75, 3.05) is 39.8 Å². The molecule has 0 saturated carbocycles. The molecule has 3 fully saturated rings. The lowest BCUT2D eigenvalue weighted by Gasteiger charge is -2.25. The third kappa shape index (κ3) is 4.01. The maximum absolute atomic E-state index is 11.8. The smallest absolute Gasteiger partial charge is 0.410 e. The molecule has 25 heavy (non-hydrogen) atoms. The molecule has 1 spiro atoms. The van der Waals surface area contributed by atoms with Crippen molar-refractivity contribution in [3.05, 3.63) is 21.9 Å². The maximum Gasteiger partial charge on any atom is 0.410 e. The second kappa shape index (κ2) is 7.25. The van der Waals surface area contributed by atoms with E-state index in [2.05, 4.69) is 21.9 Å². The van der Waals surface area contributed by atoms with Gasteiger partial charge in [-0.1, -0.05) is 0 Å². The lowest BCUT2D eigenvalue weighted by molar-refractivity contribution is 0.0443. The van der Waals surface area contributed by atoms with Crippen LogP contribution in [0.5, 0.6) is 0 Å². The molecule has 0 aliphatic carbocycles. The van der Waals surface area contributed by atoms with Gasteiger partial charge in [0.05, 0.1) is 6.54 Å². The summed E-state index contributed by atoms with van der Waals surface area (Å²) in [6, 6.07) is 4.62. The van der Waals surface area contributed by atoms with Gasteiger partial charge in [0.1, 0.15) is 5.60 Å². The van der Waals surface area contributed by atoms with Gasteiger partial charge in [0, 0.05) is 42.9 Å². The molecule has 0 aromatic carbocycles. The molecular formula is C19H29N3O2S. The summed E-state index contributed by atoms with van der Waals surface area (Å²) in [6.07, 6.45) is 5.60. The molecule has 1 atom stereocenters. The van der Waals surface area contributed by atoms with E-state index in [1.165, 1.54) is 35.7 Å². The monoisotopic (exact) mass is 363 g/mol. The third-order valence-corrected chi connectivity index (χ3v) is 6.86. The second-order valence-electron chi connectivity index (χ2n) is 7.89. The Kier molecular flexibility index (Phi) is 5.02. The van der Waals surface area contributed by atoms with Crippen LogP contribution < -0.4 is 0 Å². The van der Waals surface area contributed by atoms with Crippen LogP contribution in [0.25, 0.3) is 0 Å². The molecule has 0 unspecified atom stereocenters. The molecule has 0 radical (unpaired) electrons. The molecule has 6 heteroatoms. The molecule has 1 amide bonds. The number of thiophene rings is 1. The molecule has 138 valence electrons. The van der Waals surface area contributed by atoms with Crippen LogP contribution in [0.4, 0.5) is 4.79 Å².